The Labute approximate surface area is 197 Å². The average molecular weight is 475 g/mol. The van der Waals surface area contributed by atoms with E-state index in [-0.39, 0.29) is 41.5 Å². The van der Waals surface area contributed by atoms with Gasteiger partial charge >= 0.3 is 0 Å². The minimum atomic E-state index is -1.17. The van der Waals surface area contributed by atoms with Gasteiger partial charge in [0, 0.05) is 5.56 Å². The molecule has 0 fully saturated rings. The molecule has 0 saturated heterocycles. The van der Waals surface area contributed by atoms with Crippen LogP contribution in [-0.2, 0) is 21.5 Å². The van der Waals surface area contributed by atoms with Gasteiger partial charge in [0.1, 0.15) is 29.0 Å². The number of anilines is 2. The van der Waals surface area contributed by atoms with Gasteiger partial charge in [-0.05, 0) is 32.9 Å². The average Bonchev–Trinajstić information content (AvgIpc) is 3.29. The monoisotopic (exact) mass is 475 g/mol. The Morgan fingerprint density at radius 3 is 2.40 bits per heavy atom. The summed E-state index contributed by atoms with van der Waals surface area (Å²) in [6.07, 6.45) is 1.05. The van der Waals surface area contributed by atoms with Gasteiger partial charge in [0.25, 0.3) is 0 Å². The summed E-state index contributed by atoms with van der Waals surface area (Å²) in [6, 6.07) is 7.49. The molecule has 2 N–H and O–H groups in total. The van der Waals surface area contributed by atoms with Crippen molar-refractivity contribution in [3.8, 4) is 11.5 Å². The van der Waals surface area contributed by atoms with Crippen LogP contribution in [0, 0.1) is 17.0 Å². The molecule has 176 valence electrons. The lowest BCUT2D eigenvalue weighted by Crippen LogP contribution is -2.54. The number of fused-ring (bicyclic) bond motifs is 1. The first-order valence-electron chi connectivity index (χ1n) is 10.9. The predicted molar refractivity (Wildman–Crippen MR) is 122 cm³/mol. The lowest BCUT2D eigenvalue weighted by atomic mass is 9.61. The fourth-order valence-electron chi connectivity index (χ4n) is 4.75. The summed E-state index contributed by atoms with van der Waals surface area (Å²) in [4.78, 5) is 39.1. The van der Waals surface area contributed by atoms with Crippen LogP contribution in [0.25, 0.3) is 22.6 Å². The molecule has 3 aromatic heterocycles. The van der Waals surface area contributed by atoms with Gasteiger partial charge in [0.15, 0.2) is 11.5 Å². The summed E-state index contributed by atoms with van der Waals surface area (Å²) >= 11 is 0. The van der Waals surface area contributed by atoms with E-state index >= 15 is 0 Å². The van der Waals surface area contributed by atoms with Crippen LogP contribution in [0.3, 0.4) is 0 Å². The zero-order valence-corrected chi connectivity index (χ0v) is 19.0. The molecule has 1 aromatic carbocycles. The standard InChI is InChI=1S/C24H19F2N7O2/c1-23(2)21(34)30-17-15-18(31-22(35)24(15,23)3)29-19(28-17)16-13-8-12(25)9-27-20(13)33(32-16)10-11-6-4-5-7-14(11)26/h4-9H,10H2,1-3H3,(H2,28,29,30,31,34,35)/t24-/m1/s1. The number of carbonyl (C=O) groups is 2. The first kappa shape index (κ1) is 21.3. The fraction of sp³-hybridized carbons (Fsp3) is 0.250. The number of nitrogens with zero attached hydrogens (tertiary/aromatic N) is 5. The van der Waals surface area contributed by atoms with E-state index in [0.717, 1.165) is 6.20 Å². The molecule has 0 aliphatic carbocycles. The second kappa shape index (κ2) is 6.87. The molecule has 1 atom stereocenters. The number of aromatic nitrogens is 5. The van der Waals surface area contributed by atoms with E-state index in [2.05, 4.69) is 30.7 Å². The Hall–Kier alpha value is -4.28. The summed E-state index contributed by atoms with van der Waals surface area (Å²) in [7, 11) is 0. The number of carbonyl (C=O) groups excluding carboxylic acids is 2. The Kier molecular flexibility index (Phi) is 4.18. The van der Waals surface area contributed by atoms with Gasteiger partial charge in [-0.15, -0.1) is 0 Å². The number of nitrogens with one attached hydrogen (secondary N) is 2. The van der Waals surface area contributed by atoms with Crippen LogP contribution in [0.4, 0.5) is 20.4 Å². The molecule has 9 nitrogen and oxygen atoms in total. The second-order valence-corrected chi connectivity index (χ2v) is 9.40. The molecule has 11 heteroatoms. The molecule has 2 aliphatic heterocycles. The van der Waals surface area contributed by atoms with Crippen molar-refractivity contribution in [1.82, 2.24) is 24.7 Å². The SMILES string of the molecule is CC1(C)C(=O)Nc2nc(-c3nn(Cc4ccccc4F)c4ncc(F)cc34)nc3c2[C@]1(C)C(=O)N3. The van der Waals surface area contributed by atoms with Gasteiger partial charge in [-0.3, -0.25) is 9.59 Å². The number of halogens is 2. The molecule has 5 heterocycles. The van der Waals surface area contributed by atoms with Gasteiger partial charge in [-0.2, -0.15) is 5.10 Å². The zero-order chi connectivity index (χ0) is 24.7. The summed E-state index contributed by atoms with van der Waals surface area (Å²) < 4.78 is 29.9. The van der Waals surface area contributed by atoms with E-state index in [1.807, 2.05) is 0 Å². The van der Waals surface area contributed by atoms with Crippen LogP contribution in [0.15, 0.2) is 36.5 Å². The summed E-state index contributed by atoms with van der Waals surface area (Å²) in [5.41, 5.74) is -0.849. The van der Waals surface area contributed by atoms with E-state index in [1.54, 1.807) is 39.0 Å². The second-order valence-electron chi connectivity index (χ2n) is 9.40. The highest BCUT2D eigenvalue weighted by atomic mass is 19.1. The van der Waals surface area contributed by atoms with E-state index in [1.165, 1.54) is 16.8 Å². The Morgan fingerprint density at radius 2 is 1.69 bits per heavy atom. The Morgan fingerprint density at radius 1 is 1.00 bits per heavy atom. The van der Waals surface area contributed by atoms with Crippen molar-refractivity contribution in [2.75, 3.05) is 10.6 Å². The fourth-order valence-corrected chi connectivity index (χ4v) is 4.75. The number of benzene rings is 1. The highest BCUT2D eigenvalue weighted by Gasteiger charge is 2.61. The first-order valence-corrected chi connectivity index (χ1v) is 10.9. The van der Waals surface area contributed by atoms with Crippen molar-refractivity contribution in [3.05, 3.63) is 59.3 Å². The summed E-state index contributed by atoms with van der Waals surface area (Å²) in [6.45, 7) is 5.12. The van der Waals surface area contributed by atoms with Crippen LogP contribution in [0.2, 0.25) is 0 Å². The van der Waals surface area contributed by atoms with Gasteiger partial charge < -0.3 is 10.6 Å². The maximum atomic E-state index is 14.3. The Balaban J connectivity index is 1.55. The number of pyridine rings is 1. The summed E-state index contributed by atoms with van der Waals surface area (Å²) in [5, 5.41) is 10.4. The summed E-state index contributed by atoms with van der Waals surface area (Å²) in [5.74, 6) is -1.21. The normalized spacial score (nSPS) is 20.0. The molecule has 0 saturated carbocycles. The number of hydrogen-bond acceptors (Lipinski definition) is 6. The number of hydrogen-bond donors (Lipinski definition) is 2. The quantitative estimate of drug-likeness (QED) is 0.469. The minimum absolute atomic E-state index is 0.0410. The van der Waals surface area contributed by atoms with Crippen LogP contribution in [0.1, 0.15) is 31.9 Å². The van der Waals surface area contributed by atoms with Crippen molar-refractivity contribution in [2.24, 2.45) is 5.41 Å². The van der Waals surface area contributed by atoms with Crippen molar-refractivity contribution in [3.63, 3.8) is 0 Å². The van der Waals surface area contributed by atoms with Crippen molar-refractivity contribution >= 4 is 34.5 Å². The third kappa shape index (κ3) is 2.77. The lowest BCUT2D eigenvalue weighted by molar-refractivity contribution is -0.136. The van der Waals surface area contributed by atoms with Gasteiger partial charge in [0.05, 0.1) is 34.5 Å². The molecular weight excluding hydrogens is 456 g/mol. The van der Waals surface area contributed by atoms with Crippen molar-refractivity contribution < 1.29 is 18.4 Å². The van der Waals surface area contributed by atoms with E-state index in [0.29, 0.717) is 22.2 Å². The van der Waals surface area contributed by atoms with Gasteiger partial charge in [0.2, 0.25) is 11.8 Å². The minimum Gasteiger partial charge on any atom is -0.310 e. The number of amides is 2. The predicted octanol–water partition coefficient (Wildman–Crippen LogP) is 3.40. The molecular formula is C24H19F2N7O2. The molecule has 35 heavy (non-hydrogen) atoms. The largest absolute Gasteiger partial charge is 0.310 e. The maximum absolute atomic E-state index is 14.3. The third-order valence-electron chi connectivity index (χ3n) is 7.19. The molecule has 2 aliphatic rings. The van der Waals surface area contributed by atoms with E-state index in [9.17, 15) is 18.4 Å². The van der Waals surface area contributed by atoms with Crippen LogP contribution in [0.5, 0.6) is 0 Å². The molecule has 0 bridgehead atoms. The smallest absolute Gasteiger partial charge is 0.237 e. The first-order chi connectivity index (χ1) is 16.6. The van der Waals surface area contributed by atoms with Crippen molar-refractivity contribution in [1.29, 1.82) is 0 Å². The van der Waals surface area contributed by atoms with E-state index in [4.69, 9.17) is 0 Å². The molecule has 6 rings (SSSR count). The van der Waals surface area contributed by atoms with Crippen molar-refractivity contribution in [2.45, 2.75) is 32.7 Å². The van der Waals surface area contributed by atoms with E-state index < -0.39 is 22.5 Å². The maximum Gasteiger partial charge on any atom is 0.237 e. The molecule has 0 radical (unpaired) electrons. The van der Waals surface area contributed by atoms with Crippen LogP contribution >= 0.6 is 0 Å². The zero-order valence-electron chi connectivity index (χ0n) is 19.0. The molecule has 4 aromatic rings. The van der Waals surface area contributed by atoms with Crippen LogP contribution in [-0.4, -0.2) is 36.5 Å². The molecule has 0 unspecified atom stereocenters. The highest BCUT2D eigenvalue weighted by Crippen LogP contribution is 2.54. The topological polar surface area (TPSA) is 115 Å². The lowest BCUT2D eigenvalue weighted by Gasteiger charge is -2.42. The van der Waals surface area contributed by atoms with Gasteiger partial charge in [-0.1, -0.05) is 18.2 Å². The van der Waals surface area contributed by atoms with Crippen LogP contribution < -0.4 is 10.6 Å². The Bertz CT molecular complexity index is 1600. The highest BCUT2D eigenvalue weighted by molar-refractivity contribution is 6.15. The number of rotatable bonds is 3. The molecule has 0 spiro atoms. The van der Waals surface area contributed by atoms with Gasteiger partial charge in [-0.25, -0.2) is 28.4 Å². The molecule has 2 amide bonds. The third-order valence-corrected chi connectivity index (χ3v) is 7.19.